The van der Waals surface area contributed by atoms with Crippen LogP contribution in [0.3, 0.4) is 0 Å². The third-order valence-corrected chi connectivity index (χ3v) is 3.43. The van der Waals surface area contributed by atoms with Gasteiger partial charge in [-0.1, -0.05) is 18.2 Å². The average molecular weight is 258 g/mol. The first kappa shape index (κ1) is 11.9. The van der Waals surface area contributed by atoms with Crippen LogP contribution in [0.5, 0.6) is 0 Å². The van der Waals surface area contributed by atoms with Gasteiger partial charge in [0, 0.05) is 18.5 Å². The van der Waals surface area contributed by atoms with Crippen LogP contribution in [0.4, 0.5) is 0 Å². The standard InChI is InChI=1S/C14H14N2O3/c17-10-5-6-16(8-10)14(19)12-7-9-3-1-2-4-11(9)13(18)15-12/h1-4,7,10,17H,5-6,8H2,(H,15,18). The maximum absolute atomic E-state index is 12.2. The summed E-state index contributed by atoms with van der Waals surface area (Å²) in [6.07, 6.45) is 0.125. The number of fused-ring (bicyclic) bond motifs is 1. The van der Waals surface area contributed by atoms with Crippen LogP contribution in [0.15, 0.2) is 35.1 Å². The van der Waals surface area contributed by atoms with Gasteiger partial charge in [-0.05, 0) is 23.9 Å². The zero-order chi connectivity index (χ0) is 13.4. The summed E-state index contributed by atoms with van der Waals surface area (Å²) in [4.78, 5) is 28.3. The number of carbonyl (C=O) groups is 1. The minimum Gasteiger partial charge on any atom is -0.391 e. The molecule has 1 aliphatic rings. The van der Waals surface area contributed by atoms with Crippen molar-refractivity contribution in [2.75, 3.05) is 13.1 Å². The van der Waals surface area contributed by atoms with Crippen molar-refractivity contribution in [2.45, 2.75) is 12.5 Å². The number of amides is 1. The molecule has 2 heterocycles. The Morgan fingerprint density at radius 1 is 1.37 bits per heavy atom. The first-order valence-electron chi connectivity index (χ1n) is 6.24. The van der Waals surface area contributed by atoms with Crippen molar-refractivity contribution in [3.8, 4) is 0 Å². The van der Waals surface area contributed by atoms with Gasteiger partial charge in [0.25, 0.3) is 11.5 Å². The molecule has 1 fully saturated rings. The van der Waals surface area contributed by atoms with E-state index in [0.29, 0.717) is 24.9 Å². The van der Waals surface area contributed by atoms with Crippen molar-refractivity contribution in [2.24, 2.45) is 0 Å². The molecular formula is C14H14N2O3. The van der Waals surface area contributed by atoms with Gasteiger partial charge in [0.05, 0.1) is 6.10 Å². The molecule has 1 aromatic carbocycles. The molecule has 2 N–H and O–H groups in total. The SMILES string of the molecule is O=C(c1cc2ccccc2c(=O)[nH]1)N1CCC(O)C1. The highest BCUT2D eigenvalue weighted by Gasteiger charge is 2.26. The third kappa shape index (κ3) is 2.13. The predicted molar refractivity (Wildman–Crippen MR) is 71.1 cm³/mol. The number of nitrogens with one attached hydrogen (secondary N) is 1. The number of aliphatic hydroxyl groups is 1. The second kappa shape index (κ2) is 4.51. The lowest BCUT2D eigenvalue weighted by atomic mass is 10.1. The summed E-state index contributed by atoms with van der Waals surface area (Å²) < 4.78 is 0. The highest BCUT2D eigenvalue weighted by atomic mass is 16.3. The molecule has 0 bridgehead atoms. The van der Waals surface area contributed by atoms with Crippen LogP contribution in [0, 0.1) is 0 Å². The molecule has 0 saturated carbocycles. The maximum Gasteiger partial charge on any atom is 0.270 e. The highest BCUT2D eigenvalue weighted by Crippen LogP contribution is 2.15. The lowest BCUT2D eigenvalue weighted by Gasteiger charge is -2.15. The van der Waals surface area contributed by atoms with Crippen molar-refractivity contribution < 1.29 is 9.90 Å². The first-order chi connectivity index (χ1) is 9.15. The molecule has 5 nitrogen and oxygen atoms in total. The van der Waals surface area contributed by atoms with E-state index in [4.69, 9.17) is 0 Å². The van der Waals surface area contributed by atoms with E-state index in [1.807, 2.05) is 6.07 Å². The van der Waals surface area contributed by atoms with Crippen LogP contribution in [-0.4, -0.2) is 40.1 Å². The Hall–Kier alpha value is -2.14. The fourth-order valence-corrected chi connectivity index (χ4v) is 2.42. The molecule has 19 heavy (non-hydrogen) atoms. The number of rotatable bonds is 1. The van der Waals surface area contributed by atoms with Crippen molar-refractivity contribution in [1.82, 2.24) is 9.88 Å². The highest BCUT2D eigenvalue weighted by molar-refractivity contribution is 5.96. The number of likely N-dealkylation sites (tertiary alicyclic amines) is 1. The normalized spacial score (nSPS) is 19.0. The topological polar surface area (TPSA) is 73.4 Å². The van der Waals surface area contributed by atoms with Gasteiger partial charge >= 0.3 is 0 Å². The fourth-order valence-electron chi connectivity index (χ4n) is 2.42. The summed E-state index contributed by atoms with van der Waals surface area (Å²) in [6, 6.07) is 8.83. The summed E-state index contributed by atoms with van der Waals surface area (Å²) in [5, 5.41) is 10.8. The Morgan fingerprint density at radius 3 is 2.89 bits per heavy atom. The molecule has 1 aliphatic heterocycles. The Kier molecular flexibility index (Phi) is 2.83. The van der Waals surface area contributed by atoms with E-state index < -0.39 is 6.10 Å². The van der Waals surface area contributed by atoms with Crippen molar-refractivity contribution in [1.29, 1.82) is 0 Å². The number of nitrogens with zero attached hydrogens (tertiary/aromatic N) is 1. The smallest absolute Gasteiger partial charge is 0.270 e. The Morgan fingerprint density at radius 2 is 2.16 bits per heavy atom. The Bertz CT molecular complexity index is 692. The average Bonchev–Trinajstić information content (AvgIpc) is 2.84. The minimum absolute atomic E-state index is 0.237. The first-order valence-corrected chi connectivity index (χ1v) is 6.24. The van der Waals surface area contributed by atoms with Crippen molar-refractivity contribution >= 4 is 16.7 Å². The molecule has 0 radical (unpaired) electrons. The van der Waals surface area contributed by atoms with Gasteiger partial charge in [-0.2, -0.15) is 0 Å². The van der Waals surface area contributed by atoms with Crippen LogP contribution < -0.4 is 5.56 Å². The molecule has 0 spiro atoms. The van der Waals surface area contributed by atoms with Crippen LogP contribution in [0.25, 0.3) is 10.8 Å². The number of hydrogen-bond acceptors (Lipinski definition) is 3. The Balaban J connectivity index is 2.01. The van der Waals surface area contributed by atoms with Gasteiger partial charge in [0.2, 0.25) is 0 Å². The molecule has 1 amide bonds. The molecule has 98 valence electrons. The second-order valence-corrected chi connectivity index (χ2v) is 4.79. The lowest BCUT2D eigenvalue weighted by molar-refractivity contribution is 0.0759. The summed E-state index contributed by atoms with van der Waals surface area (Å²) >= 11 is 0. The van der Waals surface area contributed by atoms with Gasteiger partial charge in [-0.3, -0.25) is 9.59 Å². The van der Waals surface area contributed by atoms with E-state index in [-0.39, 0.29) is 17.2 Å². The summed E-state index contributed by atoms with van der Waals surface area (Å²) in [5.41, 5.74) is 0.0130. The van der Waals surface area contributed by atoms with E-state index in [1.54, 1.807) is 29.2 Å². The number of β-amino-alcohol motifs (C(OH)–C–C–N with tert-alkyl or cyclic N) is 1. The van der Waals surface area contributed by atoms with Crippen LogP contribution in [0.2, 0.25) is 0 Å². The summed E-state index contributed by atoms with van der Waals surface area (Å²) in [6.45, 7) is 0.850. The van der Waals surface area contributed by atoms with Gasteiger partial charge in [-0.15, -0.1) is 0 Å². The van der Waals surface area contributed by atoms with E-state index in [1.165, 1.54) is 0 Å². The van der Waals surface area contributed by atoms with Gasteiger partial charge < -0.3 is 15.0 Å². The maximum atomic E-state index is 12.2. The van der Waals surface area contributed by atoms with E-state index >= 15 is 0 Å². The molecule has 5 heteroatoms. The van der Waals surface area contributed by atoms with Gasteiger partial charge in [0.1, 0.15) is 5.69 Å². The number of carbonyl (C=O) groups excluding carboxylic acids is 1. The summed E-state index contributed by atoms with van der Waals surface area (Å²) in [7, 11) is 0. The molecule has 1 saturated heterocycles. The monoisotopic (exact) mass is 258 g/mol. The van der Waals surface area contributed by atoms with Crippen LogP contribution in [0.1, 0.15) is 16.9 Å². The third-order valence-electron chi connectivity index (χ3n) is 3.43. The molecule has 0 aliphatic carbocycles. The predicted octanol–water partition coefficient (Wildman–Crippen LogP) is 0.735. The molecule has 1 unspecified atom stereocenters. The van der Waals surface area contributed by atoms with Gasteiger partial charge in [0.15, 0.2) is 0 Å². The number of benzene rings is 1. The second-order valence-electron chi connectivity index (χ2n) is 4.79. The van der Waals surface area contributed by atoms with Gasteiger partial charge in [-0.25, -0.2) is 0 Å². The lowest BCUT2D eigenvalue weighted by Crippen LogP contribution is -2.31. The van der Waals surface area contributed by atoms with E-state index in [9.17, 15) is 14.7 Å². The fraction of sp³-hybridized carbons (Fsp3) is 0.286. The zero-order valence-electron chi connectivity index (χ0n) is 10.3. The van der Waals surface area contributed by atoms with Crippen LogP contribution in [-0.2, 0) is 0 Å². The quantitative estimate of drug-likeness (QED) is 0.792. The van der Waals surface area contributed by atoms with E-state index in [2.05, 4.69) is 4.98 Å². The largest absolute Gasteiger partial charge is 0.391 e. The molecular weight excluding hydrogens is 244 g/mol. The van der Waals surface area contributed by atoms with Crippen LogP contribution >= 0.6 is 0 Å². The van der Waals surface area contributed by atoms with E-state index in [0.717, 1.165) is 5.39 Å². The number of aromatic nitrogens is 1. The number of hydrogen-bond donors (Lipinski definition) is 2. The number of pyridine rings is 1. The number of aromatic amines is 1. The summed E-state index contributed by atoms with van der Waals surface area (Å²) in [5.74, 6) is -0.237. The minimum atomic E-state index is -0.462. The number of H-pyrrole nitrogens is 1. The Labute approximate surface area is 109 Å². The molecule has 2 aromatic rings. The molecule has 1 aromatic heterocycles. The zero-order valence-corrected chi connectivity index (χ0v) is 10.3. The van der Waals surface area contributed by atoms with Crippen molar-refractivity contribution in [3.05, 3.63) is 46.4 Å². The molecule has 1 atom stereocenters. The molecule has 3 rings (SSSR count). The van der Waals surface area contributed by atoms with Crippen molar-refractivity contribution in [3.63, 3.8) is 0 Å². The number of aliphatic hydroxyl groups excluding tert-OH is 1.